The van der Waals surface area contributed by atoms with Crippen LogP contribution in [0.5, 0.6) is 0 Å². The Morgan fingerprint density at radius 3 is 2.73 bits per heavy atom. The minimum atomic E-state index is -0.351. The Morgan fingerprint density at radius 1 is 1.09 bits per heavy atom. The lowest BCUT2D eigenvalue weighted by atomic mass is 9.98. The number of aliphatic hydroxyl groups is 1. The third-order valence-corrected chi connectivity index (χ3v) is 5.14. The molecule has 1 aromatic carbocycles. The van der Waals surface area contributed by atoms with Crippen LogP contribution in [0.15, 0.2) is 30.3 Å². The maximum absolute atomic E-state index is 10.6. The highest BCUT2D eigenvalue weighted by atomic mass is 16.5. The molecule has 0 radical (unpaired) electrons. The molecule has 122 valence electrons. The highest BCUT2D eigenvalue weighted by molar-refractivity contribution is 5.17. The number of hydrogen-bond donors (Lipinski definition) is 1. The predicted octanol–water partition coefficient (Wildman–Crippen LogP) is 3.53. The van der Waals surface area contributed by atoms with Crippen molar-refractivity contribution in [1.29, 1.82) is 0 Å². The zero-order chi connectivity index (χ0) is 15.2. The Kier molecular flexibility index (Phi) is 5.88. The molecule has 2 aliphatic rings. The second-order valence-electron chi connectivity index (χ2n) is 6.80. The molecule has 3 atom stereocenters. The molecule has 0 bridgehead atoms. The van der Waals surface area contributed by atoms with Gasteiger partial charge in [0, 0.05) is 19.2 Å². The summed E-state index contributed by atoms with van der Waals surface area (Å²) in [7, 11) is 0. The number of ether oxygens (including phenoxy) is 1. The molecule has 0 amide bonds. The van der Waals surface area contributed by atoms with Crippen LogP contribution < -0.4 is 0 Å². The fraction of sp³-hybridized carbons (Fsp3) is 0.684. The molecule has 1 N–H and O–H groups in total. The quantitative estimate of drug-likeness (QED) is 0.903. The van der Waals surface area contributed by atoms with E-state index in [1.165, 1.54) is 38.5 Å². The minimum absolute atomic E-state index is 0.351. The highest BCUT2D eigenvalue weighted by Gasteiger charge is 2.27. The molecule has 2 aliphatic heterocycles. The first-order valence-corrected chi connectivity index (χ1v) is 8.91. The molecule has 0 spiro atoms. The number of hydrogen-bond acceptors (Lipinski definition) is 3. The average Bonchev–Trinajstić information content (AvgIpc) is 2.97. The van der Waals surface area contributed by atoms with E-state index in [0.717, 1.165) is 31.7 Å². The van der Waals surface area contributed by atoms with E-state index in [1.54, 1.807) is 0 Å². The Bertz CT molecular complexity index is 430. The number of nitrogens with zero attached hydrogens (tertiary/aromatic N) is 1. The molecular formula is C19H29NO2. The van der Waals surface area contributed by atoms with Gasteiger partial charge in [-0.15, -0.1) is 0 Å². The fourth-order valence-electron chi connectivity index (χ4n) is 3.86. The maximum atomic E-state index is 10.6. The summed E-state index contributed by atoms with van der Waals surface area (Å²) in [6, 6.07) is 10.6. The summed E-state index contributed by atoms with van der Waals surface area (Å²) in [5, 5.41) is 10.6. The van der Waals surface area contributed by atoms with E-state index >= 15 is 0 Å². The van der Waals surface area contributed by atoms with Crippen LogP contribution in [-0.4, -0.2) is 41.8 Å². The molecule has 3 rings (SSSR count). The van der Waals surface area contributed by atoms with Crippen molar-refractivity contribution in [3.8, 4) is 0 Å². The first-order chi connectivity index (χ1) is 10.8. The fourth-order valence-corrected chi connectivity index (χ4v) is 3.86. The molecule has 3 heteroatoms. The van der Waals surface area contributed by atoms with Crippen LogP contribution >= 0.6 is 0 Å². The van der Waals surface area contributed by atoms with E-state index in [0.29, 0.717) is 12.1 Å². The molecule has 0 aliphatic carbocycles. The second kappa shape index (κ2) is 8.09. The van der Waals surface area contributed by atoms with Crippen molar-refractivity contribution >= 4 is 0 Å². The maximum Gasteiger partial charge on any atom is 0.0805 e. The van der Waals surface area contributed by atoms with Gasteiger partial charge in [0.25, 0.3) is 0 Å². The zero-order valence-electron chi connectivity index (χ0n) is 13.5. The summed E-state index contributed by atoms with van der Waals surface area (Å²) in [6.45, 7) is 3.13. The van der Waals surface area contributed by atoms with Gasteiger partial charge in [-0.2, -0.15) is 0 Å². The minimum Gasteiger partial charge on any atom is -0.388 e. The first-order valence-electron chi connectivity index (χ1n) is 8.91. The summed E-state index contributed by atoms with van der Waals surface area (Å²) in [6.07, 6.45) is 8.40. The van der Waals surface area contributed by atoms with Gasteiger partial charge in [0.05, 0.1) is 12.2 Å². The van der Waals surface area contributed by atoms with E-state index in [2.05, 4.69) is 4.90 Å². The standard InChI is InChI=1S/C19H29NO2/c21-19(16-8-3-1-4-9-16)14-17-10-5-2-6-12-20(17)15-18-11-7-13-22-18/h1,3-4,8-9,17-19,21H,2,5-7,10-15H2. The van der Waals surface area contributed by atoms with Crippen LogP contribution in [0.1, 0.15) is 56.6 Å². The van der Waals surface area contributed by atoms with Crippen LogP contribution in [0.25, 0.3) is 0 Å². The van der Waals surface area contributed by atoms with Crippen molar-refractivity contribution in [2.24, 2.45) is 0 Å². The van der Waals surface area contributed by atoms with E-state index in [1.807, 2.05) is 30.3 Å². The average molecular weight is 303 g/mol. The van der Waals surface area contributed by atoms with Gasteiger partial charge in [-0.05, 0) is 44.2 Å². The van der Waals surface area contributed by atoms with Gasteiger partial charge >= 0.3 is 0 Å². The van der Waals surface area contributed by atoms with E-state index in [-0.39, 0.29) is 6.10 Å². The molecule has 2 heterocycles. The normalized spacial score (nSPS) is 28.4. The van der Waals surface area contributed by atoms with E-state index in [9.17, 15) is 5.11 Å². The SMILES string of the molecule is OC(CC1CCCCCN1CC1CCCO1)c1ccccc1. The van der Waals surface area contributed by atoms with Crippen molar-refractivity contribution in [3.63, 3.8) is 0 Å². The third kappa shape index (κ3) is 4.31. The largest absolute Gasteiger partial charge is 0.388 e. The van der Waals surface area contributed by atoms with Gasteiger partial charge in [0.1, 0.15) is 0 Å². The number of rotatable bonds is 5. The van der Waals surface area contributed by atoms with Crippen molar-refractivity contribution in [3.05, 3.63) is 35.9 Å². The molecule has 0 aromatic heterocycles. The third-order valence-electron chi connectivity index (χ3n) is 5.14. The summed E-state index contributed by atoms with van der Waals surface area (Å²) < 4.78 is 5.83. The molecule has 2 saturated heterocycles. The lowest BCUT2D eigenvalue weighted by Crippen LogP contribution is -2.41. The number of likely N-dealkylation sites (tertiary alicyclic amines) is 1. The summed E-state index contributed by atoms with van der Waals surface area (Å²) in [4.78, 5) is 2.59. The molecule has 2 fully saturated rings. The first kappa shape index (κ1) is 16.0. The smallest absolute Gasteiger partial charge is 0.0805 e. The van der Waals surface area contributed by atoms with Crippen molar-refractivity contribution in [2.45, 2.75) is 63.2 Å². The molecule has 0 saturated carbocycles. The summed E-state index contributed by atoms with van der Waals surface area (Å²) in [5.41, 5.74) is 1.05. The molecular weight excluding hydrogens is 274 g/mol. The van der Waals surface area contributed by atoms with Crippen molar-refractivity contribution < 1.29 is 9.84 Å². The van der Waals surface area contributed by atoms with Crippen LogP contribution in [-0.2, 0) is 4.74 Å². The number of aliphatic hydroxyl groups excluding tert-OH is 1. The zero-order valence-corrected chi connectivity index (χ0v) is 13.5. The van der Waals surface area contributed by atoms with Crippen molar-refractivity contribution in [2.75, 3.05) is 19.7 Å². The van der Waals surface area contributed by atoms with Gasteiger partial charge < -0.3 is 9.84 Å². The Morgan fingerprint density at radius 2 is 1.95 bits per heavy atom. The van der Waals surface area contributed by atoms with Crippen LogP contribution in [0.2, 0.25) is 0 Å². The van der Waals surface area contributed by atoms with Crippen LogP contribution in [0.4, 0.5) is 0 Å². The Labute approximate surface area is 134 Å². The van der Waals surface area contributed by atoms with E-state index in [4.69, 9.17) is 4.74 Å². The lowest BCUT2D eigenvalue weighted by Gasteiger charge is -2.33. The van der Waals surface area contributed by atoms with Gasteiger partial charge in [-0.25, -0.2) is 0 Å². The molecule has 22 heavy (non-hydrogen) atoms. The van der Waals surface area contributed by atoms with Crippen molar-refractivity contribution in [1.82, 2.24) is 4.90 Å². The van der Waals surface area contributed by atoms with E-state index < -0.39 is 0 Å². The van der Waals surface area contributed by atoms with Gasteiger partial charge in [0.15, 0.2) is 0 Å². The highest BCUT2D eigenvalue weighted by Crippen LogP contribution is 2.27. The Balaban J connectivity index is 1.62. The number of benzene rings is 1. The molecule has 1 aromatic rings. The van der Waals surface area contributed by atoms with Gasteiger partial charge in [-0.1, -0.05) is 43.2 Å². The topological polar surface area (TPSA) is 32.7 Å². The predicted molar refractivity (Wildman–Crippen MR) is 88.8 cm³/mol. The van der Waals surface area contributed by atoms with Gasteiger partial charge in [0.2, 0.25) is 0 Å². The lowest BCUT2D eigenvalue weighted by molar-refractivity contribution is 0.0416. The van der Waals surface area contributed by atoms with Crippen LogP contribution in [0, 0.1) is 0 Å². The monoisotopic (exact) mass is 303 g/mol. The second-order valence-corrected chi connectivity index (χ2v) is 6.80. The van der Waals surface area contributed by atoms with Gasteiger partial charge in [-0.3, -0.25) is 4.90 Å². The summed E-state index contributed by atoms with van der Waals surface area (Å²) in [5.74, 6) is 0. The molecule has 3 unspecified atom stereocenters. The van der Waals surface area contributed by atoms with Crippen LogP contribution in [0.3, 0.4) is 0 Å². The molecule has 3 nitrogen and oxygen atoms in total. The Hall–Kier alpha value is -0.900. The summed E-state index contributed by atoms with van der Waals surface area (Å²) >= 11 is 0.